The van der Waals surface area contributed by atoms with E-state index in [0.29, 0.717) is 17.5 Å². The summed E-state index contributed by atoms with van der Waals surface area (Å²) in [6.45, 7) is 0. The molecule has 0 fully saturated rings. The van der Waals surface area contributed by atoms with E-state index in [0.717, 1.165) is 94.3 Å². The average molecular weight is 944 g/mol. The lowest BCUT2D eigenvalue weighted by Crippen LogP contribution is -2.03. The number of benzene rings is 11. The maximum absolute atomic E-state index is 5.36. The van der Waals surface area contributed by atoms with Crippen LogP contribution in [0.4, 0.5) is 0 Å². The summed E-state index contributed by atoms with van der Waals surface area (Å²) in [6.07, 6.45) is 0. The Kier molecular flexibility index (Phi) is 10.4. The molecule has 346 valence electrons. The number of aromatic nitrogens is 5. The molecule has 0 saturated carbocycles. The normalized spacial score (nSPS) is 11.5. The third kappa shape index (κ3) is 7.54. The van der Waals surface area contributed by atoms with Crippen LogP contribution in [0.5, 0.6) is 0 Å². The molecule has 11 aromatic carbocycles. The zero-order valence-electron chi connectivity index (χ0n) is 40.2. The van der Waals surface area contributed by atoms with Crippen molar-refractivity contribution in [2.24, 2.45) is 0 Å². The first-order chi connectivity index (χ1) is 36.7. The third-order valence-corrected chi connectivity index (χ3v) is 14.4. The van der Waals surface area contributed by atoms with Gasteiger partial charge in [0.15, 0.2) is 17.5 Å². The van der Waals surface area contributed by atoms with Crippen molar-refractivity contribution < 1.29 is 0 Å². The van der Waals surface area contributed by atoms with Crippen LogP contribution >= 0.6 is 0 Å². The van der Waals surface area contributed by atoms with Gasteiger partial charge in [0, 0.05) is 43.9 Å². The van der Waals surface area contributed by atoms with Gasteiger partial charge in [-0.1, -0.05) is 231 Å². The molecule has 0 amide bonds. The molecule has 0 bridgehead atoms. The second-order valence-electron chi connectivity index (χ2n) is 18.8. The Morgan fingerprint density at radius 3 is 1.18 bits per heavy atom. The summed E-state index contributed by atoms with van der Waals surface area (Å²) >= 11 is 0. The van der Waals surface area contributed by atoms with Crippen LogP contribution in [0.25, 0.3) is 134 Å². The van der Waals surface area contributed by atoms with Crippen LogP contribution in [0.3, 0.4) is 0 Å². The highest BCUT2D eigenvalue weighted by Crippen LogP contribution is 2.43. The van der Waals surface area contributed by atoms with Gasteiger partial charge in [-0.05, 0) is 87.0 Å². The van der Waals surface area contributed by atoms with Crippen LogP contribution in [0, 0.1) is 0 Å². The van der Waals surface area contributed by atoms with Gasteiger partial charge in [0.2, 0.25) is 0 Å². The molecule has 14 aromatic rings. The van der Waals surface area contributed by atoms with E-state index in [1.807, 2.05) is 24.3 Å². The minimum Gasteiger partial charge on any atom is -0.307 e. The Bertz CT molecular complexity index is 4370. The molecule has 3 aromatic heterocycles. The van der Waals surface area contributed by atoms with Gasteiger partial charge >= 0.3 is 0 Å². The lowest BCUT2D eigenvalue weighted by Gasteiger charge is -2.17. The SMILES string of the molecule is c1ccc(-c2ccc(-c3nc(-c4ccccc4)nc(-c4cc(-c5ccccc5)cc(-n5c6cc(-c7ccccc7)ccc6c6cccc(-n7c8ccccc8c8ccc(-c9ccccc9)cc87)c65)c4)n3)cc2)cc1. The second kappa shape index (κ2) is 18.0. The molecule has 14 rings (SSSR count). The number of nitrogens with zero attached hydrogens (tertiary/aromatic N) is 5. The standard InChI is InChI=1S/C69H45N5/c1-6-19-46(20-7-1)50-33-35-52(36-34-50)68-70-67(51-27-14-5-15-28-51)71-69(72-68)56-41-55(49-25-12-4-13-26-49)42-57(43-56)73-64-44-53(47-21-8-2-9-22-47)38-40-60(64)61-30-18-32-63(66(61)73)74-62-31-17-16-29-58(62)59-39-37-54(45-65(59)74)48-23-10-3-11-24-48/h1-45H. The van der Waals surface area contributed by atoms with Crippen LogP contribution in [0.2, 0.25) is 0 Å². The maximum Gasteiger partial charge on any atom is 0.164 e. The van der Waals surface area contributed by atoms with E-state index < -0.39 is 0 Å². The van der Waals surface area contributed by atoms with E-state index in [1.54, 1.807) is 0 Å². The van der Waals surface area contributed by atoms with Gasteiger partial charge in [-0.2, -0.15) is 0 Å². The zero-order chi connectivity index (χ0) is 49.0. The van der Waals surface area contributed by atoms with Gasteiger partial charge in [0.1, 0.15) is 0 Å². The van der Waals surface area contributed by atoms with Crippen LogP contribution < -0.4 is 0 Å². The molecule has 5 heteroatoms. The highest BCUT2D eigenvalue weighted by molar-refractivity contribution is 6.16. The molecule has 0 aliphatic carbocycles. The smallest absolute Gasteiger partial charge is 0.164 e. The first-order valence-corrected chi connectivity index (χ1v) is 25.1. The van der Waals surface area contributed by atoms with Crippen molar-refractivity contribution >= 4 is 43.6 Å². The summed E-state index contributed by atoms with van der Waals surface area (Å²) in [4.78, 5) is 15.8. The molecule has 0 unspecified atom stereocenters. The first-order valence-electron chi connectivity index (χ1n) is 25.1. The van der Waals surface area contributed by atoms with Crippen molar-refractivity contribution in [1.82, 2.24) is 24.1 Å². The number of fused-ring (bicyclic) bond motifs is 6. The largest absolute Gasteiger partial charge is 0.307 e. The average Bonchev–Trinajstić information content (AvgIpc) is 4.01. The van der Waals surface area contributed by atoms with Gasteiger partial charge in [0.05, 0.1) is 27.8 Å². The minimum absolute atomic E-state index is 0.585. The number of rotatable bonds is 9. The van der Waals surface area contributed by atoms with E-state index in [9.17, 15) is 0 Å². The quantitative estimate of drug-likeness (QED) is 0.145. The summed E-state index contributed by atoms with van der Waals surface area (Å²) < 4.78 is 4.95. The van der Waals surface area contributed by atoms with Crippen molar-refractivity contribution in [2.75, 3.05) is 0 Å². The minimum atomic E-state index is 0.585. The second-order valence-corrected chi connectivity index (χ2v) is 18.8. The Balaban J connectivity index is 1.06. The van der Waals surface area contributed by atoms with Gasteiger partial charge in [-0.25, -0.2) is 15.0 Å². The zero-order valence-corrected chi connectivity index (χ0v) is 40.2. The Hall–Kier alpha value is -9.97. The molecule has 0 radical (unpaired) electrons. The summed E-state index contributed by atoms with van der Waals surface area (Å²) in [5, 5.41) is 4.72. The lowest BCUT2D eigenvalue weighted by atomic mass is 10.0. The first kappa shape index (κ1) is 42.9. The van der Waals surface area contributed by atoms with E-state index in [-0.39, 0.29) is 0 Å². The van der Waals surface area contributed by atoms with Crippen molar-refractivity contribution in [2.45, 2.75) is 0 Å². The van der Waals surface area contributed by atoms with Gasteiger partial charge in [0.25, 0.3) is 0 Å². The lowest BCUT2D eigenvalue weighted by molar-refractivity contribution is 1.07. The van der Waals surface area contributed by atoms with Gasteiger partial charge in [-0.3, -0.25) is 0 Å². The Labute approximate surface area is 428 Å². The molecule has 0 saturated heterocycles. The maximum atomic E-state index is 5.36. The molecular formula is C69H45N5. The van der Waals surface area contributed by atoms with Crippen molar-refractivity contribution in [3.05, 3.63) is 273 Å². The van der Waals surface area contributed by atoms with Gasteiger partial charge < -0.3 is 9.13 Å². The fourth-order valence-electron chi connectivity index (χ4n) is 10.8. The number of hydrogen-bond acceptors (Lipinski definition) is 3. The fourth-order valence-corrected chi connectivity index (χ4v) is 10.8. The van der Waals surface area contributed by atoms with Crippen molar-refractivity contribution in [3.63, 3.8) is 0 Å². The van der Waals surface area contributed by atoms with Gasteiger partial charge in [-0.15, -0.1) is 0 Å². The predicted octanol–water partition coefficient (Wildman–Crippen LogP) is 17.7. The third-order valence-electron chi connectivity index (χ3n) is 14.4. The summed E-state index contributed by atoms with van der Waals surface area (Å²) in [7, 11) is 0. The van der Waals surface area contributed by atoms with Crippen LogP contribution in [-0.2, 0) is 0 Å². The Morgan fingerprint density at radius 2 is 0.595 bits per heavy atom. The fraction of sp³-hybridized carbons (Fsp3) is 0. The molecular weight excluding hydrogens is 899 g/mol. The summed E-state index contributed by atoms with van der Waals surface area (Å²) in [6, 6.07) is 97.4. The van der Waals surface area contributed by atoms with Crippen LogP contribution in [-0.4, -0.2) is 24.1 Å². The summed E-state index contributed by atoms with van der Waals surface area (Å²) in [5.74, 6) is 1.80. The van der Waals surface area contributed by atoms with Crippen LogP contribution in [0.15, 0.2) is 273 Å². The monoisotopic (exact) mass is 943 g/mol. The number of para-hydroxylation sites is 2. The topological polar surface area (TPSA) is 48.5 Å². The molecule has 0 aliphatic rings. The molecule has 5 nitrogen and oxygen atoms in total. The molecule has 74 heavy (non-hydrogen) atoms. The molecule has 0 N–H and O–H groups in total. The van der Waals surface area contributed by atoms with E-state index in [2.05, 4.69) is 258 Å². The van der Waals surface area contributed by atoms with Crippen LogP contribution in [0.1, 0.15) is 0 Å². The van der Waals surface area contributed by atoms with E-state index >= 15 is 0 Å². The molecule has 3 heterocycles. The van der Waals surface area contributed by atoms with E-state index in [1.165, 1.54) is 21.9 Å². The Morgan fingerprint density at radius 1 is 0.216 bits per heavy atom. The van der Waals surface area contributed by atoms with Crippen molar-refractivity contribution in [3.8, 4) is 90.0 Å². The highest BCUT2D eigenvalue weighted by atomic mass is 15.1. The van der Waals surface area contributed by atoms with Crippen molar-refractivity contribution in [1.29, 1.82) is 0 Å². The van der Waals surface area contributed by atoms with E-state index in [4.69, 9.17) is 15.0 Å². The summed E-state index contributed by atoms with van der Waals surface area (Å²) in [5.41, 5.74) is 18.3. The predicted molar refractivity (Wildman–Crippen MR) is 307 cm³/mol. The number of hydrogen-bond donors (Lipinski definition) is 0. The molecule has 0 aliphatic heterocycles. The molecule has 0 atom stereocenters. The highest BCUT2D eigenvalue weighted by Gasteiger charge is 2.23. The molecule has 0 spiro atoms.